The van der Waals surface area contributed by atoms with Crippen molar-refractivity contribution in [3.05, 3.63) is 70.9 Å². The summed E-state index contributed by atoms with van der Waals surface area (Å²) in [5, 5.41) is 6.82. The van der Waals surface area contributed by atoms with Gasteiger partial charge in [0, 0.05) is 24.0 Å². The van der Waals surface area contributed by atoms with Crippen LogP contribution >= 0.6 is 0 Å². The summed E-state index contributed by atoms with van der Waals surface area (Å²) in [6.07, 6.45) is 0. The molecule has 2 aromatic carbocycles. The molecule has 0 saturated carbocycles. The number of para-hydroxylation sites is 1. The van der Waals surface area contributed by atoms with E-state index >= 15 is 0 Å². The van der Waals surface area contributed by atoms with Crippen molar-refractivity contribution in [3.8, 4) is 5.75 Å². The lowest BCUT2D eigenvalue weighted by Crippen LogP contribution is -2.07. The predicted octanol–water partition coefficient (Wildman–Crippen LogP) is 5.58. The summed E-state index contributed by atoms with van der Waals surface area (Å²) in [6.45, 7) is 9.15. The second-order valence-electron chi connectivity index (χ2n) is 7.24. The number of nitrogens with zero attached hydrogens (tertiary/aromatic N) is 2. The molecule has 5 nitrogen and oxygen atoms in total. The highest BCUT2D eigenvalue weighted by atomic mass is 16.5. The van der Waals surface area contributed by atoms with Gasteiger partial charge in [-0.05, 0) is 48.6 Å². The maximum atomic E-state index is 5.21. The lowest BCUT2D eigenvalue weighted by atomic mass is 9.98. The number of nitrogens with one attached hydrogen (secondary N) is 2. The number of ether oxygens (including phenoxy) is 1. The van der Waals surface area contributed by atoms with Crippen LogP contribution in [0.1, 0.15) is 42.1 Å². The van der Waals surface area contributed by atoms with E-state index in [1.54, 1.807) is 7.11 Å². The first-order valence-electron chi connectivity index (χ1n) is 9.55. The van der Waals surface area contributed by atoms with E-state index in [0.717, 1.165) is 28.5 Å². The van der Waals surface area contributed by atoms with Crippen LogP contribution < -0.4 is 15.4 Å². The summed E-state index contributed by atoms with van der Waals surface area (Å²) >= 11 is 0. The van der Waals surface area contributed by atoms with Gasteiger partial charge in [0.15, 0.2) is 0 Å². The highest BCUT2D eigenvalue weighted by molar-refractivity contribution is 5.64. The molecule has 0 atom stereocenters. The Kier molecular flexibility index (Phi) is 6.14. The van der Waals surface area contributed by atoms with Gasteiger partial charge in [-0.1, -0.05) is 44.2 Å². The van der Waals surface area contributed by atoms with Crippen LogP contribution in [-0.4, -0.2) is 17.1 Å². The van der Waals surface area contributed by atoms with Crippen molar-refractivity contribution in [1.82, 2.24) is 9.97 Å². The smallest absolute Gasteiger partial charge is 0.229 e. The molecule has 0 radical (unpaired) electrons. The number of hydrogen-bond acceptors (Lipinski definition) is 5. The van der Waals surface area contributed by atoms with Gasteiger partial charge < -0.3 is 15.4 Å². The monoisotopic (exact) mass is 376 g/mol. The van der Waals surface area contributed by atoms with Gasteiger partial charge in [0.2, 0.25) is 5.95 Å². The minimum absolute atomic E-state index is 0.417. The van der Waals surface area contributed by atoms with Crippen molar-refractivity contribution in [2.45, 2.75) is 40.2 Å². The largest absolute Gasteiger partial charge is 0.497 e. The molecule has 3 aromatic rings. The molecule has 5 heteroatoms. The van der Waals surface area contributed by atoms with Crippen molar-refractivity contribution in [1.29, 1.82) is 0 Å². The summed E-state index contributed by atoms with van der Waals surface area (Å²) in [5.74, 6) is 2.67. The zero-order chi connectivity index (χ0) is 20.1. The number of aryl methyl sites for hydroxylation is 2. The van der Waals surface area contributed by atoms with Gasteiger partial charge in [-0.3, -0.25) is 0 Å². The molecule has 0 aliphatic heterocycles. The fourth-order valence-corrected chi connectivity index (χ4v) is 3.11. The van der Waals surface area contributed by atoms with Crippen LogP contribution in [0.4, 0.5) is 17.5 Å². The zero-order valence-electron chi connectivity index (χ0n) is 17.2. The van der Waals surface area contributed by atoms with Crippen LogP contribution in [-0.2, 0) is 6.54 Å². The Labute approximate surface area is 167 Å². The number of methoxy groups -OCH3 is 1. The second-order valence-corrected chi connectivity index (χ2v) is 7.24. The molecule has 2 N–H and O–H groups in total. The van der Waals surface area contributed by atoms with E-state index in [1.165, 1.54) is 11.1 Å². The van der Waals surface area contributed by atoms with E-state index in [2.05, 4.69) is 59.6 Å². The van der Waals surface area contributed by atoms with Crippen molar-refractivity contribution >= 4 is 17.5 Å². The van der Waals surface area contributed by atoms with Crippen molar-refractivity contribution in [3.63, 3.8) is 0 Å². The lowest BCUT2D eigenvalue weighted by molar-refractivity contribution is 0.414. The fourth-order valence-electron chi connectivity index (χ4n) is 3.11. The average molecular weight is 377 g/mol. The van der Waals surface area contributed by atoms with Gasteiger partial charge in [-0.2, -0.15) is 4.98 Å². The Morgan fingerprint density at radius 1 is 1.00 bits per heavy atom. The number of rotatable bonds is 7. The highest BCUT2D eigenvalue weighted by Crippen LogP contribution is 2.29. The van der Waals surface area contributed by atoms with Crippen molar-refractivity contribution in [2.24, 2.45) is 0 Å². The molecule has 1 aromatic heterocycles. The van der Waals surface area contributed by atoms with Gasteiger partial charge in [-0.25, -0.2) is 4.98 Å². The van der Waals surface area contributed by atoms with Crippen LogP contribution in [0.25, 0.3) is 0 Å². The minimum atomic E-state index is 0.417. The third kappa shape index (κ3) is 4.80. The van der Waals surface area contributed by atoms with Crippen LogP contribution in [0.3, 0.4) is 0 Å². The molecule has 1 heterocycles. The van der Waals surface area contributed by atoms with Crippen LogP contribution in [0, 0.1) is 13.8 Å². The Morgan fingerprint density at radius 2 is 1.75 bits per heavy atom. The minimum Gasteiger partial charge on any atom is -0.497 e. The molecule has 0 aliphatic rings. The molecule has 3 rings (SSSR count). The van der Waals surface area contributed by atoms with Gasteiger partial charge >= 0.3 is 0 Å². The van der Waals surface area contributed by atoms with Gasteiger partial charge in [0.25, 0.3) is 0 Å². The maximum absolute atomic E-state index is 5.21. The zero-order valence-corrected chi connectivity index (χ0v) is 17.2. The lowest BCUT2D eigenvalue weighted by Gasteiger charge is -2.17. The molecule has 0 unspecified atom stereocenters. The Balaban J connectivity index is 1.78. The van der Waals surface area contributed by atoms with Gasteiger partial charge in [0.1, 0.15) is 11.6 Å². The Hall–Kier alpha value is -3.08. The molecule has 28 heavy (non-hydrogen) atoms. The van der Waals surface area contributed by atoms with E-state index in [4.69, 9.17) is 4.74 Å². The molecule has 146 valence electrons. The third-order valence-corrected chi connectivity index (χ3v) is 4.65. The third-order valence-electron chi connectivity index (χ3n) is 4.65. The van der Waals surface area contributed by atoms with Crippen LogP contribution in [0.2, 0.25) is 0 Å². The first-order valence-corrected chi connectivity index (χ1v) is 9.55. The van der Waals surface area contributed by atoms with Crippen molar-refractivity contribution < 1.29 is 4.74 Å². The van der Waals surface area contributed by atoms with E-state index in [1.807, 2.05) is 37.3 Å². The normalized spacial score (nSPS) is 10.8. The number of hydrogen-bond donors (Lipinski definition) is 2. The standard InChI is InChI=1S/C23H28N4O/c1-15(2)20-8-6-7-16(3)22(20)27-23-25-17(4)13-21(26-23)24-14-18-9-11-19(28-5)12-10-18/h6-13,15H,14H2,1-5H3,(H2,24,25,26,27). The predicted molar refractivity (Wildman–Crippen MR) is 116 cm³/mol. The summed E-state index contributed by atoms with van der Waals surface area (Å²) < 4.78 is 5.21. The number of aromatic nitrogens is 2. The Morgan fingerprint density at radius 3 is 2.43 bits per heavy atom. The van der Waals surface area contributed by atoms with Crippen LogP contribution in [0.5, 0.6) is 5.75 Å². The van der Waals surface area contributed by atoms with E-state index < -0.39 is 0 Å². The molecule has 0 saturated heterocycles. The number of benzene rings is 2. The molecule has 0 fully saturated rings. The van der Waals surface area contributed by atoms with Gasteiger partial charge in [0.05, 0.1) is 7.11 Å². The topological polar surface area (TPSA) is 59.1 Å². The average Bonchev–Trinajstić information content (AvgIpc) is 2.68. The summed E-state index contributed by atoms with van der Waals surface area (Å²) in [5.41, 5.74) is 5.60. The molecule has 0 spiro atoms. The molecule has 0 amide bonds. The number of anilines is 3. The van der Waals surface area contributed by atoms with E-state index in [9.17, 15) is 0 Å². The first-order chi connectivity index (χ1) is 13.5. The molecular formula is C23H28N4O. The molecular weight excluding hydrogens is 348 g/mol. The maximum Gasteiger partial charge on any atom is 0.229 e. The van der Waals surface area contributed by atoms with E-state index in [-0.39, 0.29) is 0 Å². The summed E-state index contributed by atoms with van der Waals surface area (Å²) in [6, 6.07) is 16.3. The summed E-state index contributed by atoms with van der Waals surface area (Å²) in [4.78, 5) is 9.23. The van der Waals surface area contributed by atoms with Crippen LogP contribution in [0.15, 0.2) is 48.5 Å². The second kappa shape index (κ2) is 8.74. The quantitative estimate of drug-likeness (QED) is 0.563. The molecule has 0 aliphatic carbocycles. The van der Waals surface area contributed by atoms with E-state index in [0.29, 0.717) is 18.4 Å². The fraction of sp³-hybridized carbons (Fsp3) is 0.304. The van der Waals surface area contributed by atoms with Gasteiger partial charge in [-0.15, -0.1) is 0 Å². The first kappa shape index (κ1) is 19.7. The highest BCUT2D eigenvalue weighted by Gasteiger charge is 2.11. The summed E-state index contributed by atoms with van der Waals surface area (Å²) in [7, 11) is 1.67. The SMILES string of the molecule is COc1ccc(CNc2cc(C)nc(Nc3c(C)cccc3C(C)C)n2)cc1. The molecule has 0 bridgehead atoms. The van der Waals surface area contributed by atoms with Crippen molar-refractivity contribution in [2.75, 3.05) is 17.7 Å². The Bertz CT molecular complexity index is 936.